The molecule has 1 saturated heterocycles. The van der Waals surface area contributed by atoms with Gasteiger partial charge in [-0.2, -0.15) is 0 Å². The second kappa shape index (κ2) is 18.1. The topological polar surface area (TPSA) is 148 Å². The average molecular weight is 592 g/mol. The second-order valence-corrected chi connectivity index (χ2v) is 13.0. The van der Waals surface area contributed by atoms with E-state index in [1.54, 1.807) is 7.11 Å². The summed E-state index contributed by atoms with van der Waals surface area (Å²) in [5.74, 6) is 1.48. The highest BCUT2D eigenvalue weighted by Gasteiger charge is 2.33. The zero-order chi connectivity index (χ0) is 30.5. The fourth-order valence-corrected chi connectivity index (χ4v) is 7.27. The summed E-state index contributed by atoms with van der Waals surface area (Å²) in [4.78, 5) is 29.3. The third-order valence-electron chi connectivity index (χ3n) is 9.87. The number of aliphatic hydroxyl groups excluding tert-OH is 2. The van der Waals surface area contributed by atoms with Gasteiger partial charge in [0.05, 0.1) is 24.3 Å². The number of Topliss-reactive ketones (excluding diaryl/α,β-unsaturated/α-hetero) is 1. The van der Waals surface area contributed by atoms with Crippen LogP contribution in [-0.4, -0.2) is 72.9 Å². The molecule has 0 aromatic heterocycles. The molecule has 0 spiro atoms. The van der Waals surface area contributed by atoms with Crippen molar-refractivity contribution in [2.24, 2.45) is 34.4 Å². The van der Waals surface area contributed by atoms with Crippen LogP contribution in [0.1, 0.15) is 104 Å². The number of piperidine rings is 1. The maximum Gasteiger partial charge on any atom is 0.302 e. The van der Waals surface area contributed by atoms with Gasteiger partial charge in [-0.3, -0.25) is 15.3 Å². The Hall–Kier alpha value is -1.78. The summed E-state index contributed by atoms with van der Waals surface area (Å²) in [6, 6.07) is 0. The van der Waals surface area contributed by atoms with Crippen LogP contribution in [0.3, 0.4) is 0 Å². The van der Waals surface area contributed by atoms with Crippen molar-refractivity contribution in [1.29, 1.82) is 0 Å². The van der Waals surface area contributed by atoms with Crippen LogP contribution < -0.4 is 11.1 Å². The third kappa shape index (κ3) is 11.4. The smallest absolute Gasteiger partial charge is 0.302 e. The molecular formula is C33H57N3O6+2. The lowest BCUT2D eigenvalue weighted by atomic mass is 9.77. The van der Waals surface area contributed by atoms with E-state index in [2.05, 4.69) is 17.2 Å². The molecule has 2 fully saturated rings. The predicted octanol–water partition coefficient (Wildman–Crippen LogP) is 3.22. The molecule has 1 aliphatic carbocycles. The van der Waals surface area contributed by atoms with E-state index in [-0.39, 0.29) is 37.0 Å². The Kier molecular flexibility index (Phi) is 15.0. The molecule has 1 saturated carbocycles. The molecule has 2 aliphatic heterocycles. The van der Waals surface area contributed by atoms with Crippen molar-refractivity contribution in [1.82, 2.24) is 0 Å². The quantitative estimate of drug-likeness (QED) is 0.141. The van der Waals surface area contributed by atoms with Crippen molar-refractivity contribution >= 4 is 18.0 Å². The Balaban J connectivity index is 1.52. The first-order valence-corrected chi connectivity index (χ1v) is 16.4. The van der Waals surface area contributed by atoms with Crippen molar-refractivity contribution in [2.75, 3.05) is 20.3 Å². The predicted molar refractivity (Wildman–Crippen MR) is 163 cm³/mol. The summed E-state index contributed by atoms with van der Waals surface area (Å²) in [5.41, 5.74) is 8.77. The Morgan fingerprint density at radius 2 is 2.00 bits per heavy atom. The van der Waals surface area contributed by atoms with Gasteiger partial charge >= 0.3 is 5.97 Å². The molecule has 42 heavy (non-hydrogen) atoms. The van der Waals surface area contributed by atoms with Gasteiger partial charge < -0.3 is 25.0 Å². The largest absolute Gasteiger partial charge is 0.462 e. The molecule has 6 N–H and O–H groups in total. The molecule has 238 valence electrons. The van der Waals surface area contributed by atoms with E-state index in [9.17, 15) is 19.8 Å². The molecule has 3 aliphatic rings. The standard InChI is InChI=1S/C33H56N3O6/c1-4-23(15-27-20-35-21-28(27)17-26(12-14-37)25-11-13-36-33(34)18-25)6-9-30(42-22(2)38)19-29(39)8-5-24-7-10-31(40)32(16-24)41-3/h20-21,23-26,30-33,36-37,40H,4-19,34H2,1-3H3/q+1/p+1. The number of nitrogens with two attached hydrogens (primary N) is 2. The van der Waals surface area contributed by atoms with E-state index < -0.39 is 12.2 Å². The van der Waals surface area contributed by atoms with Gasteiger partial charge in [0.15, 0.2) is 6.21 Å². The molecule has 0 radical (unpaired) electrons. The van der Waals surface area contributed by atoms with Gasteiger partial charge in [-0.15, -0.1) is 4.99 Å². The summed E-state index contributed by atoms with van der Waals surface area (Å²) >= 11 is 0. The number of quaternary nitrogens is 1. The highest BCUT2D eigenvalue weighted by Crippen LogP contribution is 2.35. The third-order valence-corrected chi connectivity index (χ3v) is 9.87. The van der Waals surface area contributed by atoms with Crippen molar-refractivity contribution in [3.05, 3.63) is 17.7 Å². The molecule has 0 bridgehead atoms. The molecule has 0 amide bonds. The van der Waals surface area contributed by atoms with Crippen molar-refractivity contribution in [3.63, 3.8) is 0 Å². The fourth-order valence-electron chi connectivity index (χ4n) is 7.27. The Morgan fingerprint density at radius 3 is 2.69 bits per heavy atom. The first-order chi connectivity index (χ1) is 20.2. The van der Waals surface area contributed by atoms with Crippen molar-refractivity contribution in [2.45, 2.75) is 128 Å². The van der Waals surface area contributed by atoms with E-state index in [1.165, 1.54) is 18.1 Å². The molecule has 9 heteroatoms. The van der Waals surface area contributed by atoms with Crippen LogP contribution in [0.15, 0.2) is 16.1 Å². The molecule has 8 unspecified atom stereocenters. The van der Waals surface area contributed by atoms with Crippen molar-refractivity contribution in [3.8, 4) is 0 Å². The van der Waals surface area contributed by atoms with Crippen molar-refractivity contribution < 1.29 is 34.6 Å². The van der Waals surface area contributed by atoms with Gasteiger partial charge in [0.25, 0.3) is 0 Å². The van der Waals surface area contributed by atoms with Crippen LogP contribution >= 0.6 is 0 Å². The highest BCUT2D eigenvalue weighted by atomic mass is 16.5. The summed E-state index contributed by atoms with van der Waals surface area (Å²) in [7, 11) is 1.63. The molecular weight excluding hydrogens is 534 g/mol. The lowest BCUT2D eigenvalue weighted by molar-refractivity contribution is -0.699. The second-order valence-electron chi connectivity index (χ2n) is 13.0. The number of hydrogen-bond acceptors (Lipinski definition) is 8. The van der Waals surface area contributed by atoms with E-state index in [1.807, 2.05) is 12.8 Å². The summed E-state index contributed by atoms with van der Waals surface area (Å²) in [5, 5.41) is 22.0. The zero-order valence-electron chi connectivity index (χ0n) is 26.2. The number of esters is 1. The molecule has 0 aromatic rings. The number of carbonyl (C=O) groups excluding carboxylic acids is 2. The Bertz CT molecular complexity index is 908. The number of aliphatic hydroxyl groups is 2. The number of ether oxygens (including phenoxy) is 2. The first kappa shape index (κ1) is 34.7. The molecule has 0 aromatic carbocycles. The summed E-state index contributed by atoms with van der Waals surface area (Å²) in [6.45, 7) is 6.83. The maximum atomic E-state index is 12.9. The average Bonchev–Trinajstić information content (AvgIpc) is 3.40. The SMILES string of the molecule is CCC(CCC(CC(=O)CCC1CCC(O)C(OC)C1)OC(C)=O)CC1=C(CC(CCO)C2CC[NH2+]C(N)C2)[CH+]N=C1. The van der Waals surface area contributed by atoms with E-state index in [0.29, 0.717) is 42.9 Å². The number of nitrogens with zero attached hydrogens (tertiary/aromatic N) is 1. The van der Waals surface area contributed by atoms with Crippen LogP contribution in [0.25, 0.3) is 0 Å². The van der Waals surface area contributed by atoms with Gasteiger partial charge in [0.2, 0.25) is 0 Å². The van der Waals surface area contributed by atoms with Crippen LogP contribution in [0.2, 0.25) is 0 Å². The van der Waals surface area contributed by atoms with Gasteiger partial charge in [-0.1, -0.05) is 13.3 Å². The number of rotatable bonds is 18. The monoisotopic (exact) mass is 591 g/mol. The minimum absolute atomic E-state index is 0.131. The van der Waals surface area contributed by atoms with Crippen LogP contribution in [-0.2, 0) is 19.1 Å². The minimum atomic E-state index is -0.418. The number of ketones is 1. The van der Waals surface area contributed by atoms with Crippen LogP contribution in [0.4, 0.5) is 0 Å². The number of methoxy groups -OCH3 is 1. The van der Waals surface area contributed by atoms with Crippen LogP contribution in [0.5, 0.6) is 0 Å². The van der Waals surface area contributed by atoms with E-state index >= 15 is 0 Å². The fraction of sp³-hybridized carbons (Fsp3) is 0.818. The molecule has 3 rings (SSSR count). The van der Waals surface area contributed by atoms with Gasteiger partial charge in [-0.05, 0) is 75.0 Å². The molecule has 9 nitrogen and oxygen atoms in total. The maximum absolute atomic E-state index is 12.9. The lowest BCUT2D eigenvalue weighted by Gasteiger charge is -2.32. The summed E-state index contributed by atoms with van der Waals surface area (Å²) in [6.07, 6.45) is 12.3. The van der Waals surface area contributed by atoms with Gasteiger partial charge in [0, 0.05) is 52.7 Å². The first-order valence-electron chi connectivity index (χ1n) is 16.4. The number of allylic oxidation sites excluding steroid dienone is 1. The lowest BCUT2D eigenvalue weighted by Crippen LogP contribution is -2.94. The number of carbonyl (C=O) groups is 2. The van der Waals surface area contributed by atoms with Gasteiger partial charge in [0.1, 0.15) is 30.2 Å². The zero-order valence-corrected chi connectivity index (χ0v) is 26.2. The Morgan fingerprint density at radius 1 is 1.19 bits per heavy atom. The minimum Gasteiger partial charge on any atom is -0.462 e. The van der Waals surface area contributed by atoms with E-state index in [4.69, 9.17) is 15.2 Å². The van der Waals surface area contributed by atoms with E-state index in [0.717, 1.165) is 70.8 Å². The molecule has 8 atom stereocenters. The Labute approximate surface area is 253 Å². The normalized spacial score (nSPS) is 28.3. The number of aliphatic imine (C=N–C) groups is 1. The number of hydrogen-bond donors (Lipinski definition) is 4. The summed E-state index contributed by atoms with van der Waals surface area (Å²) < 4.78 is 11.0. The molecule has 2 heterocycles. The van der Waals surface area contributed by atoms with Gasteiger partial charge in [-0.25, -0.2) is 0 Å². The van der Waals surface area contributed by atoms with Crippen LogP contribution in [0, 0.1) is 30.2 Å². The highest BCUT2D eigenvalue weighted by molar-refractivity contribution is 5.84.